The Morgan fingerprint density at radius 2 is 1.83 bits per heavy atom. The first-order valence-electron chi connectivity index (χ1n) is 8.28. The zero-order valence-electron chi connectivity index (χ0n) is 13.4. The molecule has 2 fully saturated rings. The van der Waals surface area contributed by atoms with Gasteiger partial charge < -0.3 is 5.32 Å². The topological polar surface area (TPSA) is 66.5 Å². The fourth-order valence-corrected chi connectivity index (χ4v) is 3.61. The van der Waals surface area contributed by atoms with Gasteiger partial charge in [-0.2, -0.15) is 0 Å². The SMILES string of the molecule is Cc1cccc(NC(=O)CCN2C(=O)[C@@H]3CCCC[C@H]3C2=O)c1. The van der Waals surface area contributed by atoms with E-state index in [1.54, 1.807) is 0 Å². The summed E-state index contributed by atoms with van der Waals surface area (Å²) < 4.78 is 0. The average Bonchev–Trinajstić information content (AvgIpc) is 2.77. The molecule has 0 unspecified atom stereocenters. The van der Waals surface area contributed by atoms with E-state index in [0.29, 0.717) is 0 Å². The number of imide groups is 1. The van der Waals surface area contributed by atoms with Crippen LogP contribution in [0.2, 0.25) is 0 Å². The second kappa shape index (κ2) is 6.52. The molecule has 1 aromatic rings. The Bertz CT molecular complexity index is 617. The lowest BCUT2D eigenvalue weighted by atomic mass is 9.81. The maximum atomic E-state index is 12.3. The van der Waals surface area contributed by atoms with E-state index in [4.69, 9.17) is 0 Å². The van der Waals surface area contributed by atoms with Crippen molar-refractivity contribution in [3.05, 3.63) is 29.8 Å². The van der Waals surface area contributed by atoms with Gasteiger partial charge in [-0.15, -0.1) is 0 Å². The first kappa shape index (κ1) is 15.7. The molecule has 3 amide bonds. The van der Waals surface area contributed by atoms with Gasteiger partial charge in [-0.25, -0.2) is 0 Å². The van der Waals surface area contributed by atoms with Crippen LogP contribution in [0.5, 0.6) is 0 Å². The lowest BCUT2D eigenvalue weighted by Crippen LogP contribution is -2.34. The summed E-state index contributed by atoms with van der Waals surface area (Å²) in [6, 6.07) is 7.55. The van der Waals surface area contributed by atoms with E-state index < -0.39 is 0 Å². The molecule has 0 radical (unpaired) electrons. The minimum Gasteiger partial charge on any atom is -0.326 e. The number of nitrogens with one attached hydrogen (secondary N) is 1. The van der Waals surface area contributed by atoms with Crippen LogP contribution in [-0.2, 0) is 14.4 Å². The first-order valence-corrected chi connectivity index (χ1v) is 8.28. The van der Waals surface area contributed by atoms with Crippen molar-refractivity contribution < 1.29 is 14.4 Å². The number of benzene rings is 1. The van der Waals surface area contributed by atoms with Gasteiger partial charge in [-0.05, 0) is 37.5 Å². The fraction of sp³-hybridized carbons (Fsp3) is 0.500. The maximum absolute atomic E-state index is 12.3. The van der Waals surface area contributed by atoms with E-state index >= 15 is 0 Å². The molecular formula is C18H22N2O3. The molecule has 1 saturated carbocycles. The largest absolute Gasteiger partial charge is 0.326 e. The second-order valence-corrected chi connectivity index (χ2v) is 6.49. The molecule has 1 N–H and O–H groups in total. The number of nitrogens with zero attached hydrogens (tertiary/aromatic N) is 1. The average molecular weight is 314 g/mol. The highest BCUT2D eigenvalue weighted by atomic mass is 16.2. The number of carbonyl (C=O) groups is 3. The van der Waals surface area contributed by atoms with E-state index in [9.17, 15) is 14.4 Å². The molecule has 2 atom stereocenters. The molecule has 0 spiro atoms. The van der Waals surface area contributed by atoms with E-state index in [0.717, 1.165) is 36.9 Å². The number of aryl methyl sites for hydroxylation is 1. The molecule has 0 bridgehead atoms. The molecule has 1 aliphatic heterocycles. The van der Waals surface area contributed by atoms with Crippen LogP contribution < -0.4 is 5.32 Å². The number of hydrogen-bond acceptors (Lipinski definition) is 3. The Morgan fingerprint density at radius 3 is 2.43 bits per heavy atom. The van der Waals surface area contributed by atoms with Crippen LogP contribution >= 0.6 is 0 Å². The fourth-order valence-electron chi connectivity index (χ4n) is 3.61. The molecule has 5 nitrogen and oxygen atoms in total. The quantitative estimate of drug-likeness (QED) is 0.868. The van der Waals surface area contributed by atoms with Crippen molar-refractivity contribution in [2.45, 2.75) is 39.0 Å². The Balaban J connectivity index is 1.56. The van der Waals surface area contributed by atoms with Crippen molar-refractivity contribution in [3.63, 3.8) is 0 Å². The summed E-state index contributed by atoms with van der Waals surface area (Å²) in [6.45, 7) is 2.14. The van der Waals surface area contributed by atoms with Gasteiger partial charge in [0.25, 0.3) is 0 Å². The highest BCUT2D eigenvalue weighted by Crippen LogP contribution is 2.37. The third-order valence-corrected chi connectivity index (χ3v) is 4.80. The first-order chi connectivity index (χ1) is 11.1. The highest BCUT2D eigenvalue weighted by molar-refractivity contribution is 6.05. The molecule has 1 heterocycles. The monoisotopic (exact) mass is 314 g/mol. The molecule has 3 rings (SSSR count). The zero-order chi connectivity index (χ0) is 16.4. The number of carbonyl (C=O) groups excluding carboxylic acids is 3. The van der Waals surface area contributed by atoms with Gasteiger partial charge in [0.15, 0.2) is 0 Å². The Kier molecular flexibility index (Phi) is 4.46. The molecule has 122 valence electrons. The third kappa shape index (κ3) is 3.28. The maximum Gasteiger partial charge on any atom is 0.233 e. The third-order valence-electron chi connectivity index (χ3n) is 4.80. The van der Waals surface area contributed by atoms with Gasteiger partial charge >= 0.3 is 0 Å². The van der Waals surface area contributed by atoms with Crippen LogP contribution in [0.1, 0.15) is 37.7 Å². The van der Waals surface area contributed by atoms with Crippen LogP contribution in [0.3, 0.4) is 0 Å². The highest BCUT2D eigenvalue weighted by Gasteiger charge is 2.47. The number of hydrogen-bond donors (Lipinski definition) is 1. The van der Waals surface area contributed by atoms with Crippen molar-refractivity contribution in [1.82, 2.24) is 4.90 Å². The van der Waals surface area contributed by atoms with Crippen LogP contribution in [-0.4, -0.2) is 29.2 Å². The van der Waals surface area contributed by atoms with Gasteiger partial charge in [0, 0.05) is 18.7 Å². The van der Waals surface area contributed by atoms with Gasteiger partial charge in [-0.3, -0.25) is 19.3 Å². The number of fused-ring (bicyclic) bond motifs is 1. The van der Waals surface area contributed by atoms with Crippen LogP contribution in [0.4, 0.5) is 5.69 Å². The van der Waals surface area contributed by atoms with E-state index in [1.165, 1.54) is 4.90 Å². The summed E-state index contributed by atoms with van der Waals surface area (Å²) in [6.07, 6.45) is 3.79. The summed E-state index contributed by atoms with van der Waals surface area (Å²) in [5, 5.41) is 2.81. The van der Waals surface area contributed by atoms with Crippen LogP contribution in [0, 0.1) is 18.8 Å². The van der Waals surface area contributed by atoms with Crippen molar-refractivity contribution in [2.75, 3.05) is 11.9 Å². The normalized spacial score (nSPS) is 23.8. The van der Waals surface area contributed by atoms with Crippen molar-refractivity contribution in [1.29, 1.82) is 0 Å². The lowest BCUT2D eigenvalue weighted by Gasteiger charge is -2.19. The van der Waals surface area contributed by atoms with E-state index in [-0.39, 0.29) is 42.5 Å². The minimum absolute atomic E-state index is 0.0805. The molecule has 1 aliphatic carbocycles. The Labute approximate surface area is 136 Å². The van der Waals surface area contributed by atoms with Crippen molar-refractivity contribution in [3.8, 4) is 0 Å². The van der Waals surface area contributed by atoms with Crippen molar-refractivity contribution >= 4 is 23.4 Å². The number of amides is 3. The van der Waals surface area contributed by atoms with E-state index in [2.05, 4.69) is 5.32 Å². The van der Waals surface area contributed by atoms with Crippen LogP contribution in [0.25, 0.3) is 0 Å². The summed E-state index contributed by atoms with van der Waals surface area (Å²) in [7, 11) is 0. The zero-order valence-corrected chi connectivity index (χ0v) is 13.4. The number of anilines is 1. The van der Waals surface area contributed by atoms with Gasteiger partial charge in [0.1, 0.15) is 0 Å². The molecule has 1 saturated heterocycles. The molecule has 1 aromatic carbocycles. The van der Waals surface area contributed by atoms with Gasteiger partial charge in [-0.1, -0.05) is 25.0 Å². The Morgan fingerprint density at radius 1 is 1.17 bits per heavy atom. The predicted molar refractivity (Wildman–Crippen MR) is 86.6 cm³/mol. The second-order valence-electron chi connectivity index (χ2n) is 6.49. The molecular weight excluding hydrogens is 292 g/mol. The Hall–Kier alpha value is -2.17. The van der Waals surface area contributed by atoms with Crippen LogP contribution in [0.15, 0.2) is 24.3 Å². The number of likely N-dealkylation sites (tertiary alicyclic amines) is 1. The molecule has 5 heteroatoms. The smallest absolute Gasteiger partial charge is 0.233 e. The lowest BCUT2D eigenvalue weighted by molar-refractivity contribution is -0.140. The molecule has 23 heavy (non-hydrogen) atoms. The molecule has 0 aromatic heterocycles. The van der Waals surface area contributed by atoms with E-state index in [1.807, 2.05) is 31.2 Å². The minimum atomic E-state index is -0.175. The summed E-state index contributed by atoms with van der Waals surface area (Å²) in [5.41, 5.74) is 1.81. The number of rotatable bonds is 4. The molecule has 2 aliphatic rings. The predicted octanol–water partition coefficient (Wildman–Crippen LogP) is 2.50. The van der Waals surface area contributed by atoms with Crippen molar-refractivity contribution in [2.24, 2.45) is 11.8 Å². The van der Waals surface area contributed by atoms with Gasteiger partial charge in [0.2, 0.25) is 17.7 Å². The summed E-state index contributed by atoms with van der Waals surface area (Å²) in [4.78, 5) is 38.0. The summed E-state index contributed by atoms with van der Waals surface area (Å²) >= 11 is 0. The van der Waals surface area contributed by atoms with Gasteiger partial charge in [0.05, 0.1) is 11.8 Å². The summed E-state index contributed by atoms with van der Waals surface area (Å²) in [5.74, 6) is -0.621. The standard InChI is InChI=1S/C18H22N2O3/c1-12-5-4-6-13(11-12)19-16(21)9-10-20-17(22)14-7-2-3-8-15(14)18(20)23/h4-6,11,14-15H,2-3,7-10H2,1H3,(H,19,21)/t14-,15-/m1/s1.